The Morgan fingerprint density at radius 1 is 1.62 bits per heavy atom. The van der Waals surface area contributed by atoms with Gasteiger partial charge in [-0.3, -0.25) is 4.79 Å². The molecule has 1 unspecified atom stereocenters. The summed E-state index contributed by atoms with van der Waals surface area (Å²) < 4.78 is 7.07. The first-order valence-electron chi connectivity index (χ1n) is 5.84. The van der Waals surface area contributed by atoms with Crippen LogP contribution in [0.4, 0.5) is 0 Å². The van der Waals surface area contributed by atoms with Crippen molar-refractivity contribution in [3.63, 3.8) is 0 Å². The van der Waals surface area contributed by atoms with Crippen LogP contribution in [0.3, 0.4) is 0 Å². The number of carbonyl (C=O) groups excluding carboxylic acids is 1. The predicted octanol–water partition coefficient (Wildman–Crippen LogP) is 1.67. The van der Waals surface area contributed by atoms with E-state index >= 15 is 0 Å². The van der Waals surface area contributed by atoms with Crippen LogP contribution in [0, 0.1) is 0 Å². The van der Waals surface area contributed by atoms with Crippen LogP contribution in [0.15, 0.2) is 6.33 Å². The lowest BCUT2D eigenvalue weighted by Gasteiger charge is -2.13. The van der Waals surface area contributed by atoms with Crippen molar-refractivity contribution in [1.29, 1.82) is 0 Å². The number of ether oxygens (including phenoxy) is 1. The molecular weight excluding hydrogens is 206 g/mol. The van der Waals surface area contributed by atoms with Crippen molar-refractivity contribution in [2.75, 3.05) is 6.61 Å². The topological polar surface area (TPSA) is 57.0 Å². The quantitative estimate of drug-likeness (QED) is 0.712. The zero-order valence-electron chi connectivity index (χ0n) is 9.72. The second-order valence-electron chi connectivity index (χ2n) is 4.04. The van der Waals surface area contributed by atoms with Gasteiger partial charge in [-0.05, 0) is 26.2 Å². The Balaban J connectivity index is 2.18. The number of nitrogens with zero attached hydrogens (tertiary/aromatic N) is 3. The van der Waals surface area contributed by atoms with E-state index in [1.807, 2.05) is 18.4 Å². The monoisotopic (exact) mass is 223 g/mol. The molecule has 0 aliphatic heterocycles. The number of esters is 1. The maximum Gasteiger partial charge on any atom is 0.316 e. The molecule has 16 heavy (non-hydrogen) atoms. The average molecular weight is 223 g/mol. The van der Waals surface area contributed by atoms with Crippen LogP contribution in [-0.2, 0) is 9.53 Å². The molecule has 88 valence electrons. The van der Waals surface area contributed by atoms with E-state index in [1.54, 1.807) is 6.33 Å². The molecular formula is C11H17N3O2. The largest absolute Gasteiger partial charge is 0.465 e. The highest BCUT2D eigenvalue weighted by Crippen LogP contribution is 2.37. The molecule has 1 fully saturated rings. The van der Waals surface area contributed by atoms with Gasteiger partial charge in [0.2, 0.25) is 0 Å². The lowest BCUT2D eigenvalue weighted by atomic mass is 10.1. The van der Waals surface area contributed by atoms with E-state index in [2.05, 4.69) is 10.2 Å². The Kier molecular flexibility index (Phi) is 3.22. The molecule has 1 aliphatic carbocycles. The van der Waals surface area contributed by atoms with Gasteiger partial charge in [0.1, 0.15) is 18.1 Å². The molecule has 1 aromatic heterocycles. The van der Waals surface area contributed by atoms with Gasteiger partial charge in [-0.2, -0.15) is 0 Å². The summed E-state index contributed by atoms with van der Waals surface area (Å²) in [7, 11) is 0. The second kappa shape index (κ2) is 4.63. The zero-order chi connectivity index (χ0) is 11.5. The molecule has 1 aliphatic rings. The Morgan fingerprint density at radius 2 is 2.38 bits per heavy atom. The van der Waals surface area contributed by atoms with Crippen LogP contribution < -0.4 is 0 Å². The summed E-state index contributed by atoms with van der Waals surface area (Å²) in [4.78, 5) is 11.8. The van der Waals surface area contributed by atoms with Crippen molar-refractivity contribution in [3.8, 4) is 0 Å². The van der Waals surface area contributed by atoms with Gasteiger partial charge in [0, 0.05) is 6.04 Å². The summed E-state index contributed by atoms with van der Waals surface area (Å²) in [6.07, 6.45) is 4.73. The van der Waals surface area contributed by atoms with E-state index < -0.39 is 0 Å². The first-order chi connectivity index (χ1) is 7.77. The molecule has 0 radical (unpaired) electrons. The molecule has 5 nitrogen and oxygen atoms in total. The van der Waals surface area contributed by atoms with Crippen molar-refractivity contribution < 1.29 is 9.53 Å². The van der Waals surface area contributed by atoms with Crippen molar-refractivity contribution in [3.05, 3.63) is 12.2 Å². The van der Waals surface area contributed by atoms with E-state index in [1.165, 1.54) is 0 Å². The summed E-state index contributed by atoms with van der Waals surface area (Å²) >= 11 is 0. The fourth-order valence-corrected chi connectivity index (χ4v) is 1.83. The maximum atomic E-state index is 11.8. The van der Waals surface area contributed by atoms with E-state index in [0.717, 1.165) is 18.7 Å². The van der Waals surface area contributed by atoms with Gasteiger partial charge in [0.05, 0.1) is 6.61 Å². The summed E-state index contributed by atoms with van der Waals surface area (Å²) in [5.41, 5.74) is 0. The SMILES string of the molecule is CCOC(=O)C(CC)c1nncn1C1CC1. The van der Waals surface area contributed by atoms with Crippen LogP contribution >= 0.6 is 0 Å². The molecule has 0 N–H and O–H groups in total. The fraction of sp³-hybridized carbons (Fsp3) is 0.727. The highest BCUT2D eigenvalue weighted by atomic mass is 16.5. The minimum atomic E-state index is -0.275. The first-order valence-corrected chi connectivity index (χ1v) is 5.84. The summed E-state index contributed by atoms with van der Waals surface area (Å²) in [5, 5.41) is 7.96. The molecule has 0 amide bonds. The van der Waals surface area contributed by atoms with Gasteiger partial charge >= 0.3 is 5.97 Å². The fourth-order valence-electron chi connectivity index (χ4n) is 1.83. The summed E-state index contributed by atoms with van der Waals surface area (Å²) in [5.74, 6) is 0.284. The summed E-state index contributed by atoms with van der Waals surface area (Å²) in [6.45, 7) is 4.19. The van der Waals surface area contributed by atoms with E-state index in [9.17, 15) is 4.79 Å². The molecule has 1 atom stereocenters. The van der Waals surface area contributed by atoms with Crippen molar-refractivity contribution >= 4 is 5.97 Å². The predicted molar refractivity (Wildman–Crippen MR) is 58.0 cm³/mol. The second-order valence-corrected chi connectivity index (χ2v) is 4.04. The van der Waals surface area contributed by atoms with Crippen molar-refractivity contribution in [2.24, 2.45) is 0 Å². The first kappa shape index (κ1) is 11.1. The lowest BCUT2D eigenvalue weighted by Crippen LogP contribution is -2.19. The number of rotatable bonds is 5. The minimum absolute atomic E-state index is 0.195. The molecule has 2 rings (SSSR count). The highest BCUT2D eigenvalue weighted by molar-refractivity contribution is 5.77. The number of hydrogen-bond acceptors (Lipinski definition) is 4. The van der Waals surface area contributed by atoms with Crippen LogP contribution in [0.25, 0.3) is 0 Å². The van der Waals surface area contributed by atoms with E-state index in [0.29, 0.717) is 19.1 Å². The van der Waals surface area contributed by atoms with Crippen LogP contribution in [0.5, 0.6) is 0 Å². The van der Waals surface area contributed by atoms with Gasteiger partial charge in [0.15, 0.2) is 0 Å². The number of hydrogen-bond donors (Lipinski definition) is 0. The molecule has 5 heteroatoms. The number of carbonyl (C=O) groups is 1. The standard InChI is InChI=1S/C11H17N3O2/c1-3-9(11(15)16-4-2)10-13-12-7-14(10)8-5-6-8/h7-9H,3-6H2,1-2H3. The van der Waals surface area contributed by atoms with E-state index in [-0.39, 0.29) is 11.9 Å². The van der Waals surface area contributed by atoms with Gasteiger partial charge in [-0.25, -0.2) is 0 Å². The highest BCUT2D eigenvalue weighted by Gasteiger charge is 2.31. The minimum Gasteiger partial charge on any atom is -0.465 e. The normalized spacial score (nSPS) is 17.1. The van der Waals surface area contributed by atoms with Crippen LogP contribution in [0.1, 0.15) is 50.9 Å². The van der Waals surface area contributed by atoms with Crippen molar-refractivity contribution in [1.82, 2.24) is 14.8 Å². The molecule has 0 spiro atoms. The molecule has 0 aromatic carbocycles. The smallest absolute Gasteiger partial charge is 0.316 e. The molecule has 1 heterocycles. The number of aromatic nitrogens is 3. The zero-order valence-corrected chi connectivity index (χ0v) is 9.72. The van der Waals surface area contributed by atoms with Crippen LogP contribution in [-0.4, -0.2) is 27.3 Å². The van der Waals surface area contributed by atoms with Crippen molar-refractivity contribution in [2.45, 2.75) is 45.1 Å². The van der Waals surface area contributed by atoms with Gasteiger partial charge in [-0.1, -0.05) is 6.92 Å². The third-order valence-electron chi connectivity index (χ3n) is 2.83. The Labute approximate surface area is 94.8 Å². The molecule has 0 bridgehead atoms. The van der Waals surface area contributed by atoms with Gasteiger partial charge in [-0.15, -0.1) is 10.2 Å². The molecule has 1 saturated carbocycles. The third-order valence-corrected chi connectivity index (χ3v) is 2.83. The maximum absolute atomic E-state index is 11.8. The van der Waals surface area contributed by atoms with Crippen LogP contribution in [0.2, 0.25) is 0 Å². The summed E-state index contributed by atoms with van der Waals surface area (Å²) in [6, 6.07) is 0.494. The lowest BCUT2D eigenvalue weighted by molar-refractivity contribution is -0.145. The Morgan fingerprint density at radius 3 is 2.94 bits per heavy atom. The van der Waals surface area contributed by atoms with Gasteiger partial charge < -0.3 is 9.30 Å². The Hall–Kier alpha value is -1.39. The average Bonchev–Trinajstić information content (AvgIpc) is 3.01. The Bertz CT molecular complexity index is 371. The van der Waals surface area contributed by atoms with E-state index in [4.69, 9.17) is 4.74 Å². The third kappa shape index (κ3) is 2.08. The van der Waals surface area contributed by atoms with Gasteiger partial charge in [0.25, 0.3) is 0 Å². The molecule has 0 saturated heterocycles. The molecule has 1 aromatic rings.